The topological polar surface area (TPSA) is 70.5 Å². The number of rotatable bonds is 4. The summed E-state index contributed by atoms with van der Waals surface area (Å²) in [5, 5.41) is 3.68. The third-order valence-electron chi connectivity index (χ3n) is 2.50. The molecule has 5 nitrogen and oxygen atoms in total. The van der Waals surface area contributed by atoms with Gasteiger partial charge in [-0.3, -0.25) is 0 Å². The molecule has 0 fully saturated rings. The molecule has 0 aliphatic rings. The summed E-state index contributed by atoms with van der Waals surface area (Å²) in [6.45, 7) is 0. The second-order valence-electron chi connectivity index (χ2n) is 3.50. The van der Waals surface area contributed by atoms with Gasteiger partial charge in [0.1, 0.15) is 11.5 Å². The van der Waals surface area contributed by atoms with Crippen molar-refractivity contribution in [2.24, 2.45) is 0 Å². The van der Waals surface area contributed by atoms with E-state index in [4.69, 9.17) is 19.7 Å². The highest BCUT2D eigenvalue weighted by Gasteiger charge is 2.18. The minimum Gasteiger partial charge on any atom is -0.495 e. The van der Waals surface area contributed by atoms with Gasteiger partial charge in [0, 0.05) is 6.07 Å². The van der Waals surface area contributed by atoms with Gasteiger partial charge < -0.3 is 19.7 Å². The third kappa shape index (κ3) is 2.11. The maximum absolute atomic E-state index is 5.56. The summed E-state index contributed by atoms with van der Waals surface area (Å²) >= 11 is 1.54. The number of hydrogen-bond acceptors (Lipinski definition) is 6. The first-order chi connectivity index (χ1) is 8.71. The van der Waals surface area contributed by atoms with E-state index in [9.17, 15) is 0 Å². The molecule has 0 spiro atoms. The predicted molar refractivity (Wildman–Crippen MR) is 71.2 cm³/mol. The van der Waals surface area contributed by atoms with Crippen LogP contribution in [-0.2, 0) is 0 Å². The van der Waals surface area contributed by atoms with Crippen molar-refractivity contribution in [2.75, 3.05) is 26.2 Å². The van der Waals surface area contributed by atoms with E-state index in [1.54, 1.807) is 32.0 Å². The Bertz CT molecular complexity index is 554. The maximum Gasteiger partial charge on any atom is 0.172 e. The van der Waals surface area contributed by atoms with Crippen LogP contribution < -0.4 is 15.2 Å². The lowest BCUT2D eigenvalue weighted by Crippen LogP contribution is -1.94. The fourth-order valence-corrected chi connectivity index (χ4v) is 2.44. The molecule has 0 aliphatic heterocycles. The van der Waals surface area contributed by atoms with E-state index in [-0.39, 0.29) is 0 Å². The van der Waals surface area contributed by atoms with Crippen LogP contribution in [0.25, 0.3) is 11.3 Å². The molecule has 0 saturated heterocycles. The van der Waals surface area contributed by atoms with Gasteiger partial charge in [0.05, 0.1) is 24.7 Å². The standard InChI is InChI=1S/C12H14N2O3S/c1-15-8-5-4-7(9-6-10(13)14-17-9)11(16-2)12(8)18-3/h4-6H,1-3H3,(H2,13,14). The Labute approximate surface area is 109 Å². The lowest BCUT2D eigenvalue weighted by Gasteiger charge is -2.13. The summed E-state index contributed by atoms with van der Waals surface area (Å²) in [5.41, 5.74) is 6.36. The van der Waals surface area contributed by atoms with Crippen LogP contribution in [0.4, 0.5) is 5.82 Å². The molecule has 1 aromatic carbocycles. The molecule has 1 heterocycles. The number of hydrogen-bond donors (Lipinski definition) is 1. The number of methoxy groups -OCH3 is 2. The summed E-state index contributed by atoms with van der Waals surface area (Å²) in [6, 6.07) is 5.38. The van der Waals surface area contributed by atoms with Crippen LogP contribution >= 0.6 is 11.8 Å². The van der Waals surface area contributed by atoms with Gasteiger partial charge in [-0.05, 0) is 18.4 Å². The van der Waals surface area contributed by atoms with Crippen LogP contribution in [-0.4, -0.2) is 25.6 Å². The monoisotopic (exact) mass is 266 g/mol. The van der Waals surface area contributed by atoms with E-state index in [2.05, 4.69) is 5.16 Å². The third-order valence-corrected chi connectivity index (χ3v) is 3.29. The smallest absolute Gasteiger partial charge is 0.172 e. The van der Waals surface area contributed by atoms with Crippen molar-refractivity contribution < 1.29 is 14.0 Å². The van der Waals surface area contributed by atoms with E-state index in [0.29, 0.717) is 17.3 Å². The van der Waals surface area contributed by atoms with Crippen LogP contribution in [0, 0.1) is 0 Å². The maximum atomic E-state index is 5.56. The molecule has 0 aliphatic carbocycles. The molecule has 96 valence electrons. The predicted octanol–water partition coefficient (Wildman–Crippen LogP) is 2.66. The Balaban J connectivity index is 2.61. The fraction of sp³-hybridized carbons (Fsp3) is 0.250. The molecule has 6 heteroatoms. The van der Waals surface area contributed by atoms with Crippen molar-refractivity contribution in [3.63, 3.8) is 0 Å². The van der Waals surface area contributed by atoms with Gasteiger partial charge in [-0.25, -0.2) is 0 Å². The van der Waals surface area contributed by atoms with Crippen molar-refractivity contribution in [1.82, 2.24) is 5.16 Å². The van der Waals surface area contributed by atoms with Crippen molar-refractivity contribution in [3.8, 4) is 22.8 Å². The largest absolute Gasteiger partial charge is 0.495 e. The lowest BCUT2D eigenvalue weighted by molar-refractivity contribution is 0.375. The molecule has 0 unspecified atom stereocenters. The van der Waals surface area contributed by atoms with Gasteiger partial charge in [0.15, 0.2) is 11.6 Å². The normalized spacial score (nSPS) is 10.4. The molecule has 0 bridgehead atoms. The van der Waals surface area contributed by atoms with E-state index >= 15 is 0 Å². The molecular weight excluding hydrogens is 252 g/mol. The molecular formula is C12H14N2O3S. The van der Waals surface area contributed by atoms with Gasteiger partial charge in [-0.1, -0.05) is 5.16 Å². The molecule has 0 amide bonds. The summed E-state index contributed by atoms with van der Waals surface area (Å²) in [6.07, 6.45) is 1.96. The second-order valence-corrected chi connectivity index (χ2v) is 4.31. The van der Waals surface area contributed by atoms with Gasteiger partial charge in [-0.15, -0.1) is 11.8 Å². The molecule has 0 atom stereocenters. The van der Waals surface area contributed by atoms with E-state index in [1.807, 2.05) is 18.4 Å². The molecule has 0 saturated carbocycles. The first-order valence-electron chi connectivity index (χ1n) is 5.22. The van der Waals surface area contributed by atoms with Crippen LogP contribution in [0.15, 0.2) is 27.6 Å². The number of thioether (sulfide) groups is 1. The zero-order chi connectivity index (χ0) is 13.1. The number of anilines is 1. The number of ether oxygens (including phenoxy) is 2. The van der Waals surface area contributed by atoms with Gasteiger partial charge in [0.2, 0.25) is 0 Å². The number of nitrogen functional groups attached to an aromatic ring is 1. The zero-order valence-electron chi connectivity index (χ0n) is 10.4. The average molecular weight is 266 g/mol. The van der Waals surface area contributed by atoms with Crippen LogP contribution in [0.3, 0.4) is 0 Å². The fourth-order valence-electron chi connectivity index (χ4n) is 1.71. The molecule has 2 aromatic rings. The summed E-state index contributed by atoms with van der Waals surface area (Å²) in [7, 11) is 3.23. The van der Waals surface area contributed by atoms with Gasteiger partial charge >= 0.3 is 0 Å². The summed E-state index contributed by atoms with van der Waals surface area (Å²) < 4.78 is 15.9. The van der Waals surface area contributed by atoms with Gasteiger partial charge in [0.25, 0.3) is 0 Å². The Kier molecular flexibility index (Phi) is 3.66. The van der Waals surface area contributed by atoms with E-state index in [0.717, 1.165) is 16.2 Å². The van der Waals surface area contributed by atoms with E-state index in [1.165, 1.54) is 0 Å². The lowest BCUT2D eigenvalue weighted by atomic mass is 10.1. The first kappa shape index (κ1) is 12.6. The highest BCUT2D eigenvalue weighted by atomic mass is 32.2. The SMILES string of the molecule is COc1ccc(-c2cc(N)no2)c(OC)c1SC. The summed E-state index contributed by atoms with van der Waals surface area (Å²) in [4.78, 5) is 0.910. The van der Waals surface area contributed by atoms with Crippen molar-refractivity contribution >= 4 is 17.6 Å². The number of aromatic nitrogens is 1. The summed E-state index contributed by atoms with van der Waals surface area (Å²) in [5.74, 6) is 2.37. The molecule has 1 aromatic heterocycles. The zero-order valence-corrected chi connectivity index (χ0v) is 11.2. The minimum absolute atomic E-state index is 0.341. The Hall–Kier alpha value is -1.82. The van der Waals surface area contributed by atoms with Crippen molar-refractivity contribution in [3.05, 3.63) is 18.2 Å². The molecule has 0 radical (unpaired) electrons. The average Bonchev–Trinajstić information content (AvgIpc) is 2.83. The Morgan fingerprint density at radius 2 is 2.06 bits per heavy atom. The Morgan fingerprint density at radius 3 is 2.56 bits per heavy atom. The molecule has 2 N–H and O–H groups in total. The van der Waals surface area contributed by atoms with Crippen molar-refractivity contribution in [1.29, 1.82) is 0 Å². The quantitative estimate of drug-likeness (QED) is 0.858. The van der Waals surface area contributed by atoms with Crippen LogP contribution in [0.2, 0.25) is 0 Å². The first-order valence-corrected chi connectivity index (χ1v) is 6.45. The molecule has 18 heavy (non-hydrogen) atoms. The second kappa shape index (κ2) is 5.22. The Morgan fingerprint density at radius 1 is 1.28 bits per heavy atom. The minimum atomic E-state index is 0.341. The van der Waals surface area contributed by atoms with Gasteiger partial charge in [-0.2, -0.15) is 0 Å². The van der Waals surface area contributed by atoms with Crippen LogP contribution in [0.1, 0.15) is 0 Å². The number of nitrogens with zero attached hydrogens (tertiary/aromatic N) is 1. The van der Waals surface area contributed by atoms with E-state index < -0.39 is 0 Å². The number of nitrogens with two attached hydrogens (primary N) is 1. The number of benzene rings is 1. The molecule has 2 rings (SSSR count). The highest BCUT2D eigenvalue weighted by molar-refractivity contribution is 7.98. The highest BCUT2D eigenvalue weighted by Crippen LogP contribution is 2.43. The van der Waals surface area contributed by atoms with Crippen LogP contribution in [0.5, 0.6) is 11.5 Å². The van der Waals surface area contributed by atoms with Crippen molar-refractivity contribution in [2.45, 2.75) is 4.90 Å².